The Hall–Kier alpha value is -2.50. The van der Waals surface area contributed by atoms with E-state index >= 15 is 0 Å². The van der Waals surface area contributed by atoms with Gasteiger partial charge in [0.05, 0.1) is 6.20 Å². The monoisotopic (exact) mass is 274 g/mol. The van der Waals surface area contributed by atoms with Crippen LogP contribution < -0.4 is 0 Å². The predicted octanol–water partition coefficient (Wildman–Crippen LogP) is 2.30. The molecule has 0 amide bonds. The van der Waals surface area contributed by atoms with Crippen LogP contribution in [0, 0.1) is 5.92 Å². The van der Waals surface area contributed by atoms with Gasteiger partial charge in [0.1, 0.15) is 5.71 Å². The summed E-state index contributed by atoms with van der Waals surface area (Å²) in [5.41, 5.74) is 1.72. The molecule has 0 saturated heterocycles. The van der Waals surface area contributed by atoms with Crippen molar-refractivity contribution < 1.29 is 18.9 Å². The summed E-state index contributed by atoms with van der Waals surface area (Å²) in [7, 11) is 0. The van der Waals surface area contributed by atoms with Crippen LogP contribution in [-0.4, -0.2) is 22.6 Å². The van der Waals surface area contributed by atoms with Crippen molar-refractivity contribution in [3.63, 3.8) is 0 Å². The summed E-state index contributed by atoms with van der Waals surface area (Å²) in [4.78, 5) is 28.1. The average molecular weight is 274 g/mol. The molecule has 0 saturated carbocycles. The molecule has 1 heterocycles. The first kappa shape index (κ1) is 13.9. The van der Waals surface area contributed by atoms with Crippen LogP contribution in [0.2, 0.25) is 0 Å². The molecule has 1 aliphatic rings. The summed E-state index contributed by atoms with van der Waals surface area (Å²) in [6.07, 6.45) is 4.46. The minimum absolute atomic E-state index is 0.0315. The van der Waals surface area contributed by atoms with Gasteiger partial charge in [0.25, 0.3) is 0 Å². The van der Waals surface area contributed by atoms with Crippen LogP contribution in [0.5, 0.6) is 0 Å². The van der Waals surface area contributed by atoms with Crippen LogP contribution in [0.15, 0.2) is 45.2 Å². The molecular weight excluding hydrogens is 260 g/mol. The Morgan fingerprint density at radius 2 is 2.15 bits per heavy atom. The van der Waals surface area contributed by atoms with E-state index in [0.717, 1.165) is 0 Å². The highest BCUT2D eigenvalue weighted by Gasteiger charge is 2.20. The van der Waals surface area contributed by atoms with Crippen LogP contribution in [0.3, 0.4) is 0 Å². The normalized spacial score (nSPS) is 17.2. The maximum atomic E-state index is 11.8. The molecule has 0 unspecified atom stereocenters. The van der Waals surface area contributed by atoms with Crippen molar-refractivity contribution in [2.24, 2.45) is 11.1 Å². The van der Waals surface area contributed by atoms with Crippen molar-refractivity contribution in [2.45, 2.75) is 20.8 Å². The highest BCUT2D eigenvalue weighted by Crippen LogP contribution is 2.19. The zero-order valence-corrected chi connectivity index (χ0v) is 11.4. The van der Waals surface area contributed by atoms with E-state index in [1.807, 2.05) is 13.8 Å². The van der Waals surface area contributed by atoms with Crippen LogP contribution in [0.25, 0.3) is 0 Å². The Bertz CT molecular complexity index is 622. The van der Waals surface area contributed by atoms with Gasteiger partial charge in [-0.3, -0.25) is 4.79 Å². The first-order valence-electron chi connectivity index (χ1n) is 6.13. The number of hydrogen-bond donors (Lipinski definition) is 0. The summed E-state index contributed by atoms with van der Waals surface area (Å²) < 4.78 is 4.66. The molecule has 0 bridgehead atoms. The van der Waals surface area contributed by atoms with E-state index in [2.05, 4.69) is 14.8 Å². The smallest absolute Gasteiger partial charge is 0.349 e. The van der Waals surface area contributed by atoms with Gasteiger partial charge in [-0.1, -0.05) is 24.2 Å². The quantitative estimate of drug-likeness (QED) is 0.480. The Morgan fingerprint density at radius 3 is 2.75 bits per heavy atom. The molecule has 104 valence electrons. The topological polar surface area (TPSA) is 81.8 Å². The van der Waals surface area contributed by atoms with Gasteiger partial charge in [-0.15, -0.1) is 0 Å². The molecule has 2 rings (SSSR count). The number of oxime groups is 1. The highest BCUT2D eigenvalue weighted by molar-refractivity contribution is 6.21. The molecular formula is C14H14N2O4. The molecule has 0 aliphatic heterocycles. The van der Waals surface area contributed by atoms with Gasteiger partial charge in [0, 0.05) is 11.6 Å². The van der Waals surface area contributed by atoms with Gasteiger partial charge in [-0.05, 0) is 30.6 Å². The summed E-state index contributed by atoms with van der Waals surface area (Å²) in [6.45, 7) is 5.55. The number of aromatic nitrogens is 1. The molecule has 20 heavy (non-hydrogen) atoms. The lowest BCUT2D eigenvalue weighted by Gasteiger charge is -2.14. The van der Waals surface area contributed by atoms with Crippen molar-refractivity contribution >= 4 is 17.5 Å². The molecule has 0 atom stereocenters. The Kier molecular flexibility index (Phi) is 3.93. The first-order valence-corrected chi connectivity index (χ1v) is 6.13. The van der Waals surface area contributed by atoms with Crippen molar-refractivity contribution in [3.8, 4) is 0 Å². The standard InChI is InChI=1S/C14H14N2O4/c1-8(2)10-7-11(9(3)6-12(10)17)16-20-14(18)13-4-5-15-19-13/h4-8H,1-3H3. The second-order valence-corrected chi connectivity index (χ2v) is 4.68. The second-order valence-electron chi connectivity index (χ2n) is 4.68. The molecule has 1 aliphatic carbocycles. The van der Waals surface area contributed by atoms with E-state index in [1.165, 1.54) is 18.3 Å². The first-order chi connectivity index (χ1) is 9.49. The fraction of sp³-hybridized carbons (Fsp3) is 0.286. The van der Waals surface area contributed by atoms with Crippen LogP contribution in [0.1, 0.15) is 31.3 Å². The van der Waals surface area contributed by atoms with E-state index in [-0.39, 0.29) is 17.5 Å². The van der Waals surface area contributed by atoms with E-state index in [0.29, 0.717) is 16.9 Å². The Labute approximate surface area is 115 Å². The number of carbonyl (C=O) groups excluding carboxylic acids is 2. The Morgan fingerprint density at radius 1 is 1.40 bits per heavy atom. The fourth-order valence-electron chi connectivity index (χ4n) is 1.69. The molecule has 1 aromatic rings. The van der Waals surface area contributed by atoms with Crippen LogP contribution in [-0.2, 0) is 9.63 Å². The lowest BCUT2D eigenvalue weighted by Crippen LogP contribution is -2.16. The van der Waals surface area contributed by atoms with Crippen molar-refractivity contribution in [2.75, 3.05) is 0 Å². The zero-order chi connectivity index (χ0) is 14.7. The lowest BCUT2D eigenvalue weighted by molar-refractivity contribution is -0.111. The molecule has 1 aromatic heterocycles. The number of nitrogens with zero attached hydrogens (tertiary/aromatic N) is 2. The van der Waals surface area contributed by atoms with Crippen molar-refractivity contribution in [3.05, 3.63) is 41.3 Å². The summed E-state index contributed by atoms with van der Waals surface area (Å²) in [5.74, 6) is -0.741. The molecule has 0 aromatic carbocycles. The third-order valence-corrected chi connectivity index (χ3v) is 2.82. The highest BCUT2D eigenvalue weighted by atomic mass is 16.7. The second kappa shape index (κ2) is 5.64. The number of allylic oxidation sites excluding steroid dienone is 4. The van der Waals surface area contributed by atoms with Crippen molar-refractivity contribution in [1.82, 2.24) is 5.16 Å². The third kappa shape index (κ3) is 2.90. The van der Waals surface area contributed by atoms with Gasteiger partial charge in [-0.25, -0.2) is 4.79 Å². The van der Waals surface area contributed by atoms with Gasteiger partial charge in [0.2, 0.25) is 5.76 Å². The molecule has 0 fully saturated rings. The van der Waals surface area contributed by atoms with Gasteiger partial charge in [0.15, 0.2) is 5.78 Å². The molecule has 0 radical (unpaired) electrons. The van der Waals surface area contributed by atoms with Crippen molar-refractivity contribution in [1.29, 1.82) is 0 Å². The maximum absolute atomic E-state index is 11.8. The number of hydrogen-bond acceptors (Lipinski definition) is 6. The fourth-order valence-corrected chi connectivity index (χ4v) is 1.69. The molecule has 0 N–H and O–H groups in total. The summed E-state index contributed by atoms with van der Waals surface area (Å²) in [5, 5.41) is 7.18. The lowest BCUT2D eigenvalue weighted by atomic mass is 9.90. The SMILES string of the molecule is CC1=CC(=O)C(C(C)C)=CC1=NOC(=O)c1ccno1. The summed E-state index contributed by atoms with van der Waals surface area (Å²) >= 11 is 0. The van der Waals surface area contributed by atoms with Crippen LogP contribution in [0.4, 0.5) is 0 Å². The predicted molar refractivity (Wildman–Crippen MR) is 71.0 cm³/mol. The van der Waals surface area contributed by atoms with E-state index in [1.54, 1.807) is 13.0 Å². The van der Waals surface area contributed by atoms with E-state index in [4.69, 9.17) is 4.84 Å². The minimum Gasteiger partial charge on any atom is -0.349 e. The molecule has 6 heteroatoms. The Balaban J connectivity index is 2.18. The van der Waals surface area contributed by atoms with Gasteiger partial charge in [-0.2, -0.15) is 0 Å². The third-order valence-electron chi connectivity index (χ3n) is 2.82. The summed E-state index contributed by atoms with van der Waals surface area (Å²) in [6, 6.07) is 1.38. The maximum Gasteiger partial charge on any atom is 0.403 e. The van der Waals surface area contributed by atoms with E-state index < -0.39 is 5.97 Å². The van der Waals surface area contributed by atoms with E-state index in [9.17, 15) is 9.59 Å². The van der Waals surface area contributed by atoms with Gasteiger partial charge < -0.3 is 9.36 Å². The largest absolute Gasteiger partial charge is 0.403 e. The molecule has 0 spiro atoms. The minimum atomic E-state index is -0.737. The number of rotatable bonds is 3. The van der Waals surface area contributed by atoms with Gasteiger partial charge >= 0.3 is 5.97 Å². The number of ketones is 1. The van der Waals surface area contributed by atoms with Crippen LogP contribution >= 0.6 is 0 Å². The molecule has 6 nitrogen and oxygen atoms in total. The number of carbonyl (C=O) groups is 2. The zero-order valence-electron chi connectivity index (χ0n) is 11.4. The average Bonchev–Trinajstić information content (AvgIpc) is 2.90.